The van der Waals surface area contributed by atoms with E-state index in [0.717, 1.165) is 24.6 Å². The zero-order valence-corrected chi connectivity index (χ0v) is 17.2. The van der Waals surface area contributed by atoms with Crippen LogP contribution in [0.25, 0.3) is 10.9 Å². The first kappa shape index (κ1) is 19.8. The van der Waals surface area contributed by atoms with Crippen LogP contribution in [0.3, 0.4) is 0 Å². The summed E-state index contributed by atoms with van der Waals surface area (Å²) in [6.07, 6.45) is 4.36. The standard InChI is InChI=1S/C21H20ClN3O3S/c22-18-10-9-16(29(27,28)25-12-2-1-3-13-25)14-17(18)21(26)24-19-8-4-6-15-7-5-11-23-20(15)19/h4-11,14H,1-3,12-13H2,(H,24,26). The van der Waals surface area contributed by atoms with E-state index in [2.05, 4.69) is 10.3 Å². The molecule has 1 saturated heterocycles. The van der Waals surface area contributed by atoms with E-state index in [0.29, 0.717) is 24.3 Å². The van der Waals surface area contributed by atoms with Crippen molar-refractivity contribution in [3.8, 4) is 0 Å². The van der Waals surface area contributed by atoms with Crippen molar-refractivity contribution >= 4 is 44.1 Å². The van der Waals surface area contributed by atoms with Gasteiger partial charge >= 0.3 is 0 Å². The Morgan fingerprint density at radius 3 is 2.59 bits per heavy atom. The second-order valence-corrected chi connectivity index (χ2v) is 9.29. The smallest absolute Gasteiger partial charge is 0.257 e. The number of pyridine rings is 1. The molecule has 0 atom stereocenters. The minimum Gasteiger partial charge on any atom is -0.320 e. The molecular formula is C21H20ClN3O3S. The van der Waals surface area contributed by atoms with Crippen molar-refractivity contribution < 1.29 is 13.2 Å². The van der Waals surface area contributed by atoms with E-state index in [1.807, 2.05) is 24.3 Å². The molecule has 3 aromatic rings. The third kappa shape index (κ3) is 3.99. The Balaban J connectivity index is 1.66. The summed E-state index contributed by atoms with van der Waals surface area (Å²) in [5.41, 5.74) is 1.29. The van der Waals surface area contributed by atoms with Crippen LogP contribution in [0, 0.1) is 0 Å². The Morgan fingerprint density at radius 1 is 1.03 bits per heavy atom. The normalized spacial score (nSPS) is 15.3. The van der Waals surface area contributed by atoms with Gasteiger partial charge in [-0.2, -0.15) is 4.31 Å². The molecule has 4 rings (SSSR count). The average Bonchev–Trinajstić information content (AvgIpc) is 2.75. The first-order chi connectivity index (χ1) is 14.0. The Hall–Kier alpha value is -2.48. The Labute approximate surface area is 174 Å². The summed E-state index contributed by atoms with van der Waals surface area (Å²) in [4.78, 5) is 17.3. The molecule has 1 N–H and O–H groups in total. The van der Waals surface area contributed by atoms with E-state index in [-0.39, 0.29) is 15.5 Å². The zero-order chi connectivity index (χ0) is 20.4. The molecule has 1 aliphatic rings. The number of benzene rings is 2. The number of rotatable bonds is 4. The highest BCUT2D eigenvalue weighted by Gasteiger charge is 2.27. The van der Waals surface area contributed by atoms with E-state index in [9.17, 15) is 13.2 Å². The Bertz CT molecular complexity index is 1170. The van der Waals surface area contributed by atoms with Crippen LogP contribution in [0.5, 0.6) is 0 Å². The molecule has 6 nitrogen and oxygen atoms in total. The molecule has 29 heavy (non-hydrogen) atoms. The lowest BCUT2D eigenvalue weighted by molar-refractivity contribution is 0.102. The van der Waals surface area contributed by atoms with E-state index in [1.165, 1.54) is 22.5 Å². The van der Waals surface area contributed by atoms with Gasteiger partial charge in [-0.25, -0.2) is 8.42 Å². The van der Waals surface area contributed by atoms with Gasteiger partial charge in [-0.05, 0) is 43.2 Å². The van der Waals surface area contributed by atoms with Crippen molar-refractivity contribution in [3.63, 3.8) is 0 Å². The van der Waals surface area contributed by atoms with E-state index < -0.39 is 15.9 Å². The highest BCUT2D eigenvalue weighted by molar-refractivity contribution is 7.89. The van der Waals surface area contributed by atoms with Crippen LogP contribution in [-0.2, 0) is 10.0 Å². The average molecular weight is 430 g/mol. The lowest BCUT2D eigenvalue weighted by atomic mass is 10.1. The first-order valence-corrected chi connectivity index (χ1v) is 11.2. The molecule has 0 bridgehead atoms. The van der Waals surface area contributed by atoms with Gasteiger partial charge < -0.3 is 5.32 Å². The number of amides is 1. The van der Waals surface area contributed by atoms with Crippen molar-refractivity contribution in [2.24, 2.45) is 0 Å². The largest absolute Gasteiger partial charge is 0.320 e. The van der Waals surface area contributed by atoms with E-state index >= 15 is 0 Å². The number of sulfonamides is 1. The summed E-state index contributed by atoms with van der Waals surface area (Å²) in [5, 5.41) is 3.88. The number of anilines is 1. The number of carbonyl (C=O) groups is 1. The van der Waals surface area contributed by atoms with Gasteiger partial charge in [-0.3, -0.25) is 9.78 Å². The number of nitrogens with zero attached hydrogens (tertiary/aromatic N) is 2. The number of carbonyl (C=O) groups excluding carboxylic acids is 1. The molecule has 1 fully saturated rings. The number of hydrogen-bond acceptors (Lipinski definition) is 4. The quantitative estimate of drug-likeness (QED) is 0.670. The molecule has 8 heteroatoms. The van der Waals surface area contributed by atoms with E-state index in [4.69, 9.17) is 11.6 Å². The minimum absolute atomic E-state index is 0.0741. The van der Waals surface area contributed by atoms with Crippen molar-refractivity contribution in [1.82, 2.24) is 9.29 Å². The van der Waals surface area contributed by atoms with Crippen molar-refractivity contribution in [1.29, 1.82) is 0 Å². The molecular weight excluding hydrogens is 410 g/mol. The fourth-order valence-electron chi connectivity index (χ4n) is 3.49. The SMILES string of the molecule is O=C(Nc1cccc2cccnc12)c1cc(S(=O)(=O)N2CCCCC2)ccc1Cl. The maximum absolute atomic E-state index is 12.9. The van der Waals surface area contributed by atoms with Gasteiger partial charge in [0.25, 0.3) is 5.91 Å². The van der Waals surface area contributed by atoms with Gasteiger partial charge in [0.15, 0.2) is 0 Å². The summed E-state index contributed by atoms with van der Waals surface area (Å²) >= 11 is 6.23. The molecule has 0 spiro atoms. The number of fused-ring (bicyclic) bond motifs is 1. The van der Waals surface area contributed by atoms with Crippen LogP contribution in [0.2, 0.25) is 5.02 Å². The first-order valence-electron chi connectivity index (χ1n) is 9.41. The molecule has 1 aromatic heterocycles. The molecule has 0 saturated carbocycles. The second kappa shape index (κ2) is 8.10. The van der Waals surface area contributed by atoms with E-state index in [1.54, 1.807) is 12.3 Å². The number of piperidine rings is 1. The van der Waals surface area contributed by atoms with Crippen LogP contribution in [0.4, 0.5) is 5.69 Å². The molecule has 2 aromatic carbocycles. The fraction of sp³-hybridized carbons (Fsp3) is 0.238. The maximum atomic E-state index is 12.9. The topological polar surface area (TPSA) is 79.4 Å². The highest BCUT2D eigenvalue weighted by atomic mass is 35.5. The monoisotopic (exact) mass is 429 g/mol. The number of para-hydroxylation sites is 1. The number of nitrogens with one attached hydrogen (secondary N) is 1. The third-order valence-electron chi connectivity index (χ3n) is 5.02. The van der Waals surface area contributed by atoms with Crippen LogP contribution >= 0.6 is 11.6 Å². The van der Waals surface area contributed by atoms with Gasteiger partial charge in [0.2, 0.25) is 10.0 Å². The van der Waals surface area contributed by atoms with Gasteiger partial charge in [0.1, 0.15) is 0 Å². The molecule has 2 heterocycles. The number of aromatic nitrogens is 1. The minimum atomic E-state index is -3.66. The van der Waals surface area contributed by atoms with Crippen molar-refractivity contribution in [2.75, 3.05) is 18.4 Å². The molecule has 1 amide bonds. The van der Waals surface area contributed by atoms with Crippen LogP contribution in [-0.4, -0.2) is 36.7 Å². The highest BCUT2D eigenvalue weighted by Crippen LogP contribution is 2.27. The Morgan fingerprint density at radius 2 is 1.79 bits per heavy atom. The van der Waals surface area contributed by atoms with Crippen LogP contribution < -0.4 is 5.32 Å². The van der Waals surface area contributed by atoms with Gasteiger partial charge in [0, 0.05) is 24.7 Å². The van der Waals surface area contributed by atoms with Gasteiger partial charge in [-0.1, -0.05) is 36.2 Å². The maximum Gasteiger partial charge on any atom is 0.257 e. The lowest BCUT2D eigenvalue weighted by Crippen LogP contribution is -2.35. The van der Waals surface area contributed by atoms with Gasteiger partial charge in [-0.15, -0.1) is 0 Å². The van der Waals surface area contributed by atoms with Crippen LogP contribution in [0.1, 0.15) is 29.6 Å². The summed E-state index contributed by atoms with van der Waals surface area (Å²) in [5.74, 6) is -0.483. The number of halogens is 1. The summed E-state index contributed by atoms with van der Waals surface area (Å²) in [7, 11) is -3.66. The van der Waals surface area contributed by atoms with Crippen molar-refractivity contribution in [2.45, 2.75) is 24.2 Å². The molecule has 1 aliphatic heterocycles. The Kier molecular flexibility index (Phi) is 5.54. The van der Waals surface area contributed by atoms with Gasteiger partial charge in [0.05, 0.1) is 26.7 Å². The lowest BCUT2D eigenvalue weighted by Gasteiger charge is -2.26. The predicted octanol–water partition coefficient (Wildman–Crippen LogP) is 4.32. The summed E-state index contributed by atoms with van der Waals surface area (Å²) < 4.78 is 27.4. The number of hydrogen-bond donors (Lipinski definition) is 1. The molecule has 0 aliphatic carbocycles. The van der Waals surface area contributed by atoms with Crippen molar-refractivity contribution in [3.05, 3.63) is 65.3 Å². The summed E-state index contributed by atoms with van der Waals surface area (Å²) in [6.45, 7) is 0.988. The fourth-order valence-corrected chi connectivity index (χ4v) is 5.24. The predicted molar refractivity (Wildman–Crippen MR) is 114 cm³/mol. The third-order valence-corrected chi connectivity index (χ3v) is 7.24. The van der Waals surface area contributed by atoms with Crippen LogP contribution in [0.15, 0.2) is 59.6 Å². The molecule has 0 unspecified atom stereocenters. The second-order valence-electron chi connectivity index (χ2n) is 6.94. The molecule has 0 radical (unpaired) electrons. The molecule has 150 valence electrons. The summed E-state index contributed by atoms with van der Waals surface area (Å²) in [6, 6.07) is 13.4. The zero-order valence-electron chi connectivity index (χ0n) is 15.6.